The van der Waals surface area contributed by atoms with Gasteiger partial charge in [0.05, 0.1) is 0 Å². The first-order valence-electron chi connectivity index (χ1n) is 8.15. The van der Waals surface area contributed by atoms with Crippen molar-refractivity contribution >= 4 is 51.7 Å². The highest BCUT2D eigenvalue weighted by Crippen LogP contribution is 2.40. The van der Waals surface area contributed by atoms with Crippen LogP contribution in [0.2, 0.25) is 0 Å². The summed E-state index contributed by atoms with van der Waals surface area (Å²) in [6, 6.07) is -0.879. The predicted molar refractivity (Wildman–Crippen MR) is 103 cm³/mol. The Bertz CT molecular complexity index is 882. The van der Waals surface area contributed by atoms with Gasteiger partial charge in [0.15, 0.2) is 10.8 Å². The van der Waals surface area contributed by atoms with E-state index in [1.807, 2.05) is 0 Å². The monoisotopic (exact) mass is 426 g/mol. The van der Waals surface area contributed by atoms with Gasteiger partial charge in [-0.25, -0.2) is 9.78 Å². The van der Waals surface area contributed by atoms with Crippen LogP contribution < -0.4 is 16.8 Å². The molecule has 2 aliphatic heterocycles. The second-order valence-electron chi connectivity index (χ2n) is 5.93. The van der Waals surface area contributed by atoms with E-state index in [0.717, 1.165) is 11.3 Å². The lowest BCUT2D eigenvalue weighted by atomic mass is 10.0. The van der Waals surface area contributed by atoms with Crippen LogP contribution in [0.1, 0.15) is 12.6 Å². The number of hydrogen-bond acceptors (Lipinski definition) is 10. The standard InChI is InChI=1S/C15H18N6O5S2/c1-6-4-27-13-9(12(23)21(13)10(6)14(24)25)19-11(22)8(20-26-3-2-16)7-5-28-15(17)18-7/h5,9,13H,2-4,16H2,1H3,(H2,17,18)(H,19,22)(H,24,25)/b20-8-/t9?,13-/m1/s1. The van der Waals surface area contributed by atoms with Crippen LogP contribution >= 0.6 is 23.1 Å². The Balaban J connectivity index is 1.77. The first-order valence-corrected chi connectivity index (χ1v) is 10.1. The lowest BCUT2D eigenvalue weighted by molar-refractivity contribution is -0.150. The number of anilines is 1. The van der Waals surface area contributed by atoms with Gasteiger partial charge in [-0.2, -0.15) is 0 Å². The van der Waals surface area contributed by atoms with Crippen LogP contribution in [0.5, 0.6) is 0 Å². The topological polar surface area (TPSA) is 173 Å². The highest BCUT2D eigenvalue weighted by atomic mass is 32.2. The van der Waals surface area contributed by atoms with Crippen LogP contribution in [-0.4, -0.2) is 68.8 Å². The van der Waals surface area contributed by atoms with E-state index in [0.29, 0.717) is 11.3 Å². The van der Waals surface area contributed by atoms with Crippen LogP contribution in [0, 0.1) is 0 Å². The Morgan fingerprint density at radius 2 is 2.29 bits per heavy atom. The van der Waals surface area contributed by atoms with Crippen molar-refractivity contribution in [3.05, 3.63) is 22.3 Å². The van der Waals surface area contributed by atoms with E-state index in [-0.39, 0.29) is 35.4 Å². The van der Waals surface area contributed by atoms with Gasteiger partial charge in [-0.05, 0) is 12.5 Å². The minimum Gasteiger partial charge on any atom is -0.477 e. The maximum absolute atomic E-state index is 12.7. The van der Waals surface area contributed by atoms with Gasteiger partial charge in [-0.1, -0.05) is 5.16 Å². The zero-order valence-electron chi connectivity index (χ0n) is 14.7. The average Bonchev–Trinajstić information content (AvgIpc) is 3.08. The fraction of sp³-hybridized carbons (Fsp3) is 0.400. The van der Waals surface area contributed by atoms with E-state index in [2.05, 4.69) is 15.5 Å². The van der Waals surface area contributed by atoms with E-state index in [9.17, 15) is 19.5 Å². The number of β-lactam (4-membered cyclic amide) rings is 1. The molecule has 0 aliphatic carbocycles. The Morgan fingerprint density at radius 1 is 1.54 bits per heavy atom. The third-order valence-corrected chi connectivity index (χ3v) is 6.09. The Hall–Kier alpha value is -2.64. The number of nitrogen functional groups attached to an aromatic ring is 1. The molecule has 13 heteroatoms. The van der Waals surface area contributed by atoms with Crippen molar-refractivity contribution in [3.8, 4) is 0 Å². The predicted octanol–water partition coefficient (Wildman–Crippen LogP) is -0.837. The number of nitrogens with one attached hydrogen (secondary N) is 1. The molecule has 2 aliphatic rings. The quantitative estimate of drug-likeness (QED) is 0.188. The molecule has 1 fully saturated rings. The first kappa shape index (κ1) is 20.1. The molecule has 11 nitrogen and oxygen atoms in total. The summed E-state index contributed by atoms with van der Waals surface area (Å²) >= 11 is 2.50. The Kier molecular flexibility index (Phi) is 5.86. The number of thioether (sulfide) groups is 1. The van der Waals surface area contributed by atoms with Gasteiger partial charge in [-0.15, -0.1) is 23.1 Å². The number of rotatable bonds is 7. The zero-order valence-corrected chi connectivity index (χ0v) is 16.4. The molecule has 3 heterocycles. The number of fused-ring (bicyclic) bond motifs is 1. The molecule has 1 saturated heterocycles. The van der Waals surface area contributed by atoms with Gasteiger partial charge in [0, 0.05) is 17.7 Å². The van der Waals surface area contributed by atoms with Crippen molar-refractivity contribution in [2.45, 2.75) is 18.3 Å². The number of carboxylic acid groups (broad SMARTS) is 1. The second-order valence-corrected chi connectivity index (χ2v) is 7.92. The summed E-state index contributed by atoms with van der Waals surface area (Å²) in [5, 5.41) is 17.0. The number of carboxylic acids is 1. The number of oxime groups is 1. The van der Waals surface area contributed by atoms with Gasteiger partial charge in [0.2, 0.25) is 0 Å². The molecule has 0 aromatic carbocycles. The van der Waals surface area contributed by atoms with E-state index in [4.69, 9.17) is 16.3 Å². The summed E-state index contributed by atoms with van der Waals surface area (Å²) in [6.07, 6.45) is 0. The molecule has 1 aromatic heterocycles. The minimum absolute atomic E-state index is 0.0355. The largest absolute Gasteiger partial charge is 0.477 e. The normalized spacial score (nSPS) is 21.9. The van der Waals surface area contributed by atoms with Crippen molar-refractivity contribution in [1.29, 1.82) is 0 Å². The maximum atomic E-state index is 12.7. The van der Waals surface area contributed by atoms with Gasteiger partial charge < -0.3 is 26.7 Å². The molecule has 1 aromatic rings. The van der Waals surface area contributed by atoms with Crippen molar-refractivity contribution < 1.29 is 24.3 Å². The van der Waals surface area contributed by atoms with Crippen molar-refractivity contribution in [3.63, 3.8) is 0 Å². The minimum atomic E-state index is -1.17. The fourth-order valence-corrected chi connectivity index (χ4v) is 4.59. The van der Waals surface area contributed by atoms with E-state index in [1.54, 1.807) is 12.3 Å². The molecule has 2 atom stereocenters. The van der Waals surface area contributed by atoms with Crippen LogP contribution in [-0.2, 0) is 19.2 Å². The van der Waals surface area contributed by atoms with Crippen molar-refractivity contribution in [2.24, 2.45) is 10.9 Å². The highest BCUT2D eigenvalue weighted by Gasteiger charge is 2.54. The molecular formula is C15H18N6O5S2. The number of nitrogens with zero attached hydrogens (tertiary/aromatic N) is 3. The number of carbonyl (C=O) groups is 3. The van der Waals surface area contributed by atoms with Crippen LogP contribution in [0.25, 0.3) is 0 Å². The smallest absolute Gasteiger partial charge is 0.352 e. The van der Waals surface area contributed by atoms with Gasteiger partial charge >= 0.3 is 5.97 Å². The highest BCUT2D eigenvalue weighted by molar-refractivity contribution is 8.00. The molecule has 0 radical (unpaired) electrons. The average molecular weight is 426 g/mol. The number of aliphatic carboxylic acids is 1. The number of carbonyl (C=O) groups excluding carboxylic acids is 2. The summed E-state index contributed by atoms with van der Waals surface area (Å²) < 4.78 is 0. The van der Waals surface area contributed by atoms with E-state index >= 15 is 0 Å². The first-order chi connectivity index (χ1) is 13.3. The summed E-state index contributed by atoms with van der Waals surface area (Å²) in [5.74, 6) is -1.89. The number of aromatic nitrogens is 1. The Labute approximate surface area is 167 Å². The third kappa shape index (κ3) is 3.68. The molecule has 28 heavy (non-hydrogen) atoms. The van der Waals surface area contributed by atoms with Gasteiger partial charge in [-0.3, -0.25) is 14.5 Å². The zero-order chi connectivity index (χ0) is 20.4. The third-order valence-electron chi connectivity index (χ3n) is 3.99. The van der Waals surface area contributed by atoms with Crippen LogP contribution in [0.3, 0.4) is 0 Å². The van der Waals surface area contributed by atoms with Crippen LogP contribution in [0.15, 0.2) is 21.8 Å². The molecule has 0 bridgehead atoms. The molecule has 2 amide bonds. The summed E-state index contributed by atoms with van der Waals surface area (Å²) in [6.45, 7) is 1.96. The van der Waals surface area contributed by atoms with Crippen LogP contribution in [0.4, 0.5) is 5.13 Å². The van der Waals surface area contributed by atoms with Crippen molar-refractivity contribution in [1.82, 2.24) is 15.2 Å². The molecule has 1 unspecified atom stereocenters. The molecular weight excluding hydrogens is 408 g/mol. The number of nitrogens with two attached hydrogens (primary N) is 2. The summed E-state index contributed by atoms with van der Waals surface area (Å²) in [4.78, 5) is 46.9. The molecule has 0 saturated carbocycles. The summed E-state index contributed by atoms with van der Waals surface area (Å²) in [5.41, 5.74) is 11.6. The lowest BCUT2D eigenvalue weighted by Crippen LogP contribution is -2.71. The van der Waals surface area contributed by atoms with Gasteiger partial charge in [0.25, 0.3) is 11.8 Å². The molecule has 3 rings (SSSR count). The molecule has 150 valence electrons. The van der Waals surface area contributed by atoms with E-state index < -0.39 is 29.2 Å². The summed E-state index contributed by atoms with van der Waals surface area (Å²) in [7, 11) is 0. The number of amides is 2. The Morgan fingerprint density at radius 3 is 2.89 bits per heavy atom. The molecule has 6 N–H and O–H groups in total. The van der Waals surface area contributed by atoms with Gasteiger partial charge in [0.1, 0.15) is 29.4 Å². The fourth-order valence-electron chi connectivity index (χ4n) is 2.75. The number of thiazole rings is 1. The SMILES string of the molecule is CC1=C(C(=O)O)N2C(=O)C(NC(=O)/C(=N\OCCN)c3csc(N)n3)[C@H]2SC1. The molecule has 0 spiro atoms. The van der Waals surface area contributed by atoms with E-state index in [1.165, 1.54) is 16.7 Å². The lowest BCUT2D eigenvalue weighted by Gasteiger charge is -2.49. The maximum Gasteiger partial charge on any atom is 0.352 e. The number of hydrogen-bond donors (Lipinski definition) is 4. The second kappa shape index (κ2) is 8.16. The van der Waals surface area contributed by atoms with Crippen molar-refractivity contribution in [2.75, 3.05) is 24.6 Å².